The van der Waals surface area contributed by atoms with Gasteiger partial charge in [-0.2, -0.15) is 13.2 Å². The summed E-state index contributed by atoms with van der Waals surface area (Å²) in [6, 6.07) is 11.4. The summed E-state index contributed by atoms with van der Waals surface area (Å²) in [5.74, 6) is 0.541. The Balaban J connectivity index is 0.00000264. The molecule has 0 unspecified atom stereocenters. The highest BCUT2D eigenvalue weighted by molar-refractivity contribution is 5.85. The van der Waals surface area contributed by atoms with Gasteiger partial charge in [0.1, 0.15) is 0 Å². The van der Waals surface area contributed by atoms with Crippen molar-refractivity contribution in [3.63, 3.8) is 0 Å². The van der Waals surface area contributed by atoms with Crippen molar-refractivity contribution in [3.8, 4) is 11.1 Å². The largest absolute Gasteiger partial charge is 0.416 e. The van der Waals surface area contributed by atoms with Gasteiger partial charge in [-0.3, -0.25) is 0 Å². The van der Waals surface area contributed by atoms with E-state index in [2.05, 4.69) is 13.8 Å². The van der Waals surface area contributed by atoms with Gasteiger partial charge in [0.25, 0.3) is 0 Å². The average Bonchev–Trinajstić information content (AvgIpc) is 2.46. The highest BCUT2D eigenvalue weighted by Crippen LogP contribution is 2.34. The molecule has 0 spiro atoms. The highest BCUT2D eigenvalue weighted by Gasteiger charge is 2.31. The summed E-state index contributed by atoms with van der Waals surface area (Å²) in [4.78, 5) is 0. The summed E-state index contributed by atoms with van der Waals surface area (Å²) >= 11 is 0. The van der Waals surface area contributed by atoms with E-state index in [0.717, 1.165) is 18.1 Å². The molecule has 0 fully saturated rings. The van der Waals surface area contributed by atoms with E-state index in [1.807, 2.05) is 24.3 Å². The molecule has 0 aliphatic heterocycles. The standard InChI is InChI=1S/C18H20F3N.ClH/c1-12(2)9-13-3-5-14(6-4-13)17-10-16(18(19,20)21)8-7-15(17)11-22;/h3-8,10,12H,9,11,22H2,1-2H3;1H. The molecule has 0 aliphatic rings. The molecule has 1 nitrogen and oxygen atoms in total. The van der Waals surface area contributed by atoms with Crippen LogP contribution in [0, 0.1) is 5.92 Å². The van der Waals surface area contributed by atoms with Gasteiger partial charge in [0.15, 0.2) is 0 Å². The van der Waals surface area contributed by atoms with Gasteiger partial charge in [0, 0.05) is 6.54 Å². The Morgan fingerprint density at radius 2 is 1.61 bits per heavy atom. The molecule has 0 saturated carbocycles. The fourth-order valence-corrected chi connectivity index (χ4v) is 2.49. The van der Waals surface area contributed by atoms with Gasteiger partial charge in [-0.05, 0) is 46.7 Å². The van der Waals surface area contributed by atoms with Crippen LogP contribution >= 0.6 is 12.4 Å². The molecule has 0 amide bonds. The van der Waals surface area contributed by atoms with E-state index in [-0.39, 0.29) is 19.0 Å². The van der Waals surface area contributed by atoms with E-state index in [9.17, 15) is 13.2 Å². The number of nitrogens with two attached hydrogens (primary N) is 1. The Morgan fingerprint density at radius 1 is 1.00 bits per heavy atom. The number of alkyl halides is 3. The summed E-state index contributed by atoms with van der Waals surface area (Å²) < 4.78 is 38.7. The van der Waals surface area contributed by atoms with Crippen LogP contribution in [0.3, 0.4) is 0 Å². The van der Waals surface area contributed by atoms with E-state index in [1.165, 1.54) is 17.7 Å². The molecular weight excluding hydrogens is 323 g/mol. The molecular formula is C18H21ClF3N. The molecule has 126 valence electrons. The van der Waals surface area contributed by atoms with Gasteiger partial charge in [-0.15, -0.1) is 12.4 Å². The Morgan fingerprint density at radius 3 is 2.09 bits per heavy atom. The lowest BCUT2D eigenvalue weighted by atomic mass is 9.95. The molecule has 5 heteroatoms. The first-order valence-electron chi connectivity index (χ1n) is 7.30. The van der Waals surface area contributed by atoms with E-state index >= 15 is 0 Å². The quantitative estimate of drug-likeness (QED) is 0.784. The summed E-state index contributed by atoms with van der Waals surface area (Å²) in [6.07, 6.45) is -3.40. The molecule has 0 aliphatic carbocycles. The molecule has 2 aromatic rings. The van der Waals surface area contributed by atoms with Gasteiger partial charge in [-0.25, -0.2) is 0 Å². The maximum atomic E-state index is 12.9. The van der Waals surface area contributed by atoms with E-state index in [0.29, 0.717) is 17.0 Å². The SMILES string of the molecule is CC(C)Cc1ccc(-c2cc(C(F)(F)F)ccc2CN)cc1.Cl. The second kappa shape index (κ2) is 7.84. The third-order valence-corrected chi connectivity index (χ3v) is 3.57. The van der Waals surface area contributed by atoms with Crippen LogP contribution in [-0.4, -0.2) is 0 Å². The lowest BCUT2D eigenvalue weighted by Crippen LogP contribution is -2.07. The molecule has 0 atom stereocenters. The fourth-order valence-electron chi connectivity index (χ4n) is 2.49. The molecule has 2 aromatic carbocycles. The topological polar surface area (TPSA) is 26.0 Å². The number of benzene rings is 2. The second-order valence-corrected chi connectivity index (χ2v) is 5.87. The first-order chi connectivity index (χ1) is 10.3. The minimum Gasteiger partial charge on any atom is -0.326 e. The summed E-state index contributed by atoms with van der Waals surface area (Å²) in [6.45, 7) is 4.47. The molecule has 2 rings (SSSR count). The van der Waals surface area contributed by atoms with E-state index in [1.54, 1.807) is 0 Å². The van der Waals surface area contributed by atoms with Gasteiger partial charge in [0.2, 0.25) is 0 Å². The van der Waals surface area contributed by atoms with E-state index in [4.69, 9.17) is 5.73 Å². The van der Waals surface area contributed by atoms with Gasteiger partial charge < -0.3 is 5.73 Å². The van der Waals surface area contributed by atoms with Gasteiger partial charge in [-0.1, -0.05) is 44.2 Å². The number of hydrogen-bond acceptors (Lipinski definition) is 1. The van der Waals surface area contributed by atoms with Crippen molar-refractivity contribution in [2.24, 2.45) is 11.7 Å². The van der Waals surface area contributed by atoms with Crippen LogP contribution in [0.25, 0.3) is 11.1 Å². The number of hydrogen-bond donors (Lipinski definition) is 1. The Bertz CT molecular complexity index is 634. The molecule has 0 saturated heterocycles. The molecule has 2 N–H and O–H groups in total. The van der Waals surface area contributed by atoms with Gasteiger partial charge in [0.05, 0.1) is 5.56 Å². The second-order valence-electron chi connectivity index (χ2n) is 5.87. The van der Waals surface area contributed by atoms with Gasteiger partial charge >= 0.3 is 6.18 Å². The first-order valence-corrected chi connectivity index (χ1v) is 7.30. The minimum atomic E-state index is -4.35. The predicted molar refractivity (Wildman–Crippen MR) is 90.6 cm³/mol. The van der Waals surface area contributed by atoms with Crippen LogP contribution in [0.2, 0.25) is 0 Å². The Hall–Kier alpha value is -1.52. The van der Waals surface area contributed by atoms with Crippen LogP contribution in [0.5, 0.6) is 0 Å². The van der Waals surface area contributed by atoms with Crippen LogP contribution in [0.15, 0.2) is 42.5 Å². The zero-order chi connectivity index (χ0) is 16.3. The van der Waals surface area contributed by atoms with Crippen molar-refractivity contribution < 1.29 is 13.2 Å². The van der Waals surface area contributed by atoms with Crippen LogP contribution in [0.1, 0.15) is 30.5 Å². The summed E-state index contributed by atoms with van der Waals surface area (Å²) in [5.41, 5.74) is 8.22. The third kappa shape index (κ3) is 4.98. The number of rotatable bonds is 4. The fraction of sp³-hybridized carbons (Fsp3) is 0.333. The monoisotopic (exact) mass is 343 g/mol. The highest BCUT2D eigenvalue weighted by atomic mass is 35.5. The molecule has 23 heavy (non-hydrogen) atoms. The smallest absolute Gasteiger partial charge is 0.326 e. The van der Waals surface area contributed by atoms with Crippen molar-refractivity contribution in [2.45, 2.75) is 33.0 Å². The zero-order valence-electron chi connectivity index (χ0n) is 13.2. The van der Waals surface area contributed by atoms with Crippen molar-refractivity contribution in [1.29, 1.82) is 0 Å². The minimum absolute atomic E-state index is 0. The Labute approximate surface area is 141 Å². The molecule has 0 heterocycles. The van der Waals surface area contributed by atoms with Crippen molar-refractivity contribution in [2.75, 3.05) is 0 Å². The summed E-state index contributed by atoms with van der Waals surface area (Å²) in [5, 5.41) is 0. The van der Waals surface area contributed by atoms with Crippen molar-refractivity contribution in [1.82, 2.24) is 0 Å². The van der Waals surface area contributed by atoms with Crippen molar-refractivity contribution >= 4 is 12.4 Å². The van der Waals surface area contributed by atoms with E-state index < -0.39 is 11.7 Å². The predicted octanol–water partition coefficient (Wildman–Crippen LogP) is 5.45. The third-order valence-electron chi connectivity index (χ3n) is 3.57. The van der Waals surface area contributed by atoms with Crippen LogP contribution < -0.4 is 5.73 Å². The van der Waals surface area contributed by atoms with Crippen molar-refractivity contribution in [3.05, 3.63) is 59.2 Å². The first kappa shape index (κ1) is 19.5. The molecule has 0 aromatic heterocycles. The lowest BCUT2D eigenvalue weighted by molar-refractivity contribution is -0.137. The molecule has 0 bridgehead atoms. The number of halogens is 4. The maximum absolute atomic E-state index is 12.9. The molecule has 0 radical (unpaired) electrons. The van der Waals surface area contributed by atoms with Crippen LogP contribution in [-0.2, 0) is 19.1 Å². The zero-order valence-corrected chi connectivity index (χ0v) is 14.0. The Kier molecular flexibility index (Phi) is 6.66. The lowest BCUT2D eigenvalue weighted by Gasteiger charge is -2.13. The normalized spacial score (nSPS) is 11.4. The van der Waals surface area contributed by atoms with Crippen LogP contribution in [0.4, 0.5) is 13.2 Å². The average molecular weight is 344 g/mol. The maximum Gasteiger partial charge on any atom is 0.416 e. The summed E-state index contributed by atoms with van der Waals surface area (Å²) in [7, 11) is 0.